The standard InChI is InChI=1S/C13H23N/c1-4-6-8-13(3)9-7-12(11-13)14-10-5-2/h12,14H,5,7-11H2,1-3H3. The van der Waals surface area contributed by atoms with Crippen molar-refractivity contribution in [1.29, 1.82) is 0 Å². The van der Waals surface area contributed by atoms with Gasteiger partial charge in [-0.1, -0.05) is 13.8 Å². The largest absolute Gasteiger partial charge is 0.314 e. The van der Waals surface area contributed by atoms with Crippen LogP contribution in [-0.4, -0.2) is 12.6 Å². The van der Waals surface area contributed by atoms with Gasteiger partial charge in [-0.25, -0.2) is 0 Å². The highest BCUT2D eigenvalue weighted by Crippen LogP contribution is 2.40. The average molecular weight is 193 g/mol. The second-order valence-corrected chi connectivity index (χ2v) is 4.81. The third kappa shape index (κ3) is 3.35. The van der Waals surface area contributed by atoms with Crippen molar-refractivity contribution in [2.75, 3.05) is 6.54 Å². The summed E-state index contributed by atoms with van der Waals surface area (Å²) in [7, 11) is 0. The monoisotopic (exact) mass is 193 g/mol. The fraction of sp³-hybridized carbons (Fsp3) is 0.846. The fourth-order valence-electron chi connectivity index (χ4n) is 2.31. The Morgan fingerprint density at radius 3 is 2.93 bits per heavy atom. The molecule has 14 heavy (non-hydrogen) atoms. The van der Waals surface area contributed by atoms with E-state index in [2.05, 4.69) is 31.0 Å². The Bertz CT molecular complexity index is 223. The Morgan fingerprint density at radius 1 is 1.50 bits per heavy atom. The summed E-state index contributed by atoms with van der Waals surface area (Å²) in [5.74, 6) is 6.24. The minimum atomic E-state index is 0.481. The smallest absolute Gasteiger partial charge is 0.0143 e. The fourth-order valence-corrected chi connectivity index (χ4v) is 2.31. The third-order valence-corrected chi connectivity index (χ3v) is 3.21. The van der Waals surface area contributed by atoms with Gasteiger partial charge in [0.1, 0.15) is 0 Å². The quantitative estimate of drug-likeness (QED) is 0.677. The van der Waals surface area contributed by atoms with Crippen LogP contribution in [0.5, 0.6) is 0 Å². The van der Waals surface area contributed by atoms with E-state index < -0.39 is 0 Å². The summed E-state index contributed by atoms with van der Waals surface area (Å²) in [4.78, 5) is 0. The van der Waals surface area contributed by atoms with Crippen molar-refractivity contribution in [3.05, 3.63) is 0 Å². The highest BCUT2D eigenvalue weighted by Gasteiger charge is 2.33. The minimum absolute atomic E-state index is 0.481. The van der Waals surface area contributed by atoms with Gasteiger partial charge in [-0.15, -0.1) is 11.8 Å². The van der Waals surface area contributed by atoms with Crippen molar-refractivity contribution >= 4 is 0 Å². The second kappa shape index (κ2) is 5.41. The molecule has 1 rings (SSSR count). The van der Waals surface area contributed by atoms with Crippen molar-refractivity contribution in [1.82, 2.24) is 5.32 Å². The molecule has 2 atom stereocenters. The van der Waals surface area contributed by atoms with E-state index in [-0.39, 0.29) is 0 Å². The van der Waals surface area contributed by atoms with Gasteiger partial charge < -0.3 is 5.32 Å². The molecule has 1 nitrogen and oxygen atoms in total. The summed E-state index contributed by atoms with van der Waals surface area (Å²) >= 11 is 0. The Labute approximate surface area is 88.7 Å². The molecule has 0 aliphatic heterocycles. The highest BCUT2D eigenvalue weighted by molar-refractivity contribution is 5.02. The maximum Gasteiger partial charge on any atom is 0.0143 e. The van der Waals surface area contributed by atoms with Crippen LogP contribution in [0.2, 0.25) is 0 Å². The van der Waals surface area contributed by atoms with E-state index in [0.717, 1.165) is 12.5 Å². The van der Waals surface area contributed by atoms with Crippen LogP contribution in [0.1, 0.15) is 52.9 Å². The molecule has 0 aromatic rings. The molecule has 0 aromatic carbocycles. The molecular weight excluding hydrogens is 170 g/mol. The summed E-state index contributed by atoms with van der Waals surface area (Å²) in [6.07, 6.45) is 6.29. The molecule has 0 saturated heterocycles. The molecule has 2 unspecified atom stereocenters. The molecule has 0 radical (unpaired) electrons. The summed E-state index contributed by atoms with van der Waals surface area (Å²) in [6, 6.07) is 0.749. The van der Waals surface area contributed by atoms with Crippen molar-refractivity contribution in [2.24, 2.45) is 5.41 Å². The lowest BCUT2D eigenvalue weighted by molar-refractivity contribution is 0.334. The molecule has 0 aromatic heterocycles. The summed E-state index contributed by atoms with van der Waals surface area (Å²) in [6.45, 7) is 7.71. The van der Waals surface area contributed by atoms with E-state index in [0.29, 0.717) is 5.41 Å². The van der Waals surface area contributed by atoms with Crippen LogP contribution in [0, 0.1) is 17.3 Å². The highest BCUT2D eigenvalue weighted by atomic mass is 14.9. The molecular formula is C13H23N. The minimum Gasteiger partial charge on any atom is -0.314 e. The topological polar surface area (TPSA) is 12.0 Å². The Kier molecular flexibility index (Phi) is 4.48. The zero-order valence-electron chi connectivity index (χ0n) is 9.82. The van der Waals surface area contributed by atoms with Gasteiger partial charge in [0.25, 0.3) is 0 Å². The van der Waals surface area contributed by atoms with Crippen molar-refractivity contribution < 1.29 is 0 Å². The molecule has 1 saturated carbocycles. The SMILES string of the molecule is CC#CCC1(C)CCC(NCCC)C1. The van der Waals surface area contributed by atoms with Gasteiger partial charge in [0, 0.05) is 12.5 Å². The Balaban J connectivity index is 2.33. The van der Waals surface area contributed by atoms with E-state index >= 15 is 0 Å². The number of hydrogen-bond donors (Lipinski definition) is 1. The second-order valence-electron chi connectivity index (χ2n) is 4.81. The van der Waals surface area contributed by atoms with Gasteiger partial charge in [0.2, 0.25) is 0 Å². The molecule has 1 aliphatic carbocycles. The van der Waals surface area contributed by atoms with Crippen LogP contribution in [-0.2, 0) is 0 Å². The van der Waals surface area contributed by atoms with E-state index in [9.17, 15) is 0 Å². The predicted octanol–water partition coefficient (Wildman–Crippen LogP) is 2.96. The molecule has 1 fully saturated rings. The van der Waals surface area contributed by atoms with Crippen LogP contribution in [0.4, 0.5) is 0 Å². The normalized spacial score (nSPS) is 31.2. The molecule has 1 aliphatic rings. The van der Waals surface area contributed by atoms with Crippen molar-refractivity contribution in [2.45, 2.75) is 58.9 Å². The summed E-state index contributed by atoms with van der Waals surface area (Å²) < 4.78 is 0. The molecule has 0 amide bonds. The van der Waals surface area contributed by atoms with Gasteiger partial charge in [-0.2, -0.15) is 0 Å². The first-order chi connectivity index (χ1) is 6.70. The van der Waals surface area contributed by atoms with Crippen LogP contribution in [0.25, 0.3) is 0 Å². The molecule has 1 N–H and O–H groups in total. The van der Waals surface area contributed by atoms with E-state index in [1.165, 1.54) is 32.2 Å². The van der Waals surface area contributed by atoms with Gasteiger partial charge >= 0.3 is 0 Å². The maximum absolute atomic E-state index is 3.61. The molecule has 80 valence electrons. The average Bonchev–Trinajstić information content (AvgIpc) is 2.55. The lowest BCUT2D eigenvalue weighted by Gasteiger charge is -2.21. The van der Waals surface area contributed by atoms with Crippen molar-refractivity contribution in [3.63, 3.8) is 0 Å². The van der Waals surface area contributed by atoms with E-state index in [1.54, 1.807) is 0 Å². The zero-order valence-corrected chi connectivity index (χ0v) is 9.82. The Hall–Kier alpha value is -0.480. The van der Waals surface area contributed by atoms with Gasteiger partial charge in [0.05, 0.1) is 0 Å². The summed E-state index contributed by atoms with van der Waals surface area (Å²) in [5, 5.41) is 3.61. The lowest BCUT2D eigenvalue weighted by Crippen LogP contribution is -2.28. The predicted molar refractivity (Wildman–Crippen MR) is 62.1 cm³/mol. The maximum atomic E-state index is 3.61. The molecule has 0 bridgehead atoms. The molecule has 1 heteroatoms. The number of nitrogens with one attached hydrogen (secondary N) is 1. The number of hydrogen-bond acceptors (Lipinski definition) is 1. The number of rotatable bonds is 4. The first-order valence-electron chi connectivity index (χ1n) is 5.83. The first-order valence-corrected chi connectivity index (χ1v) is 5.83. The van der Waals surface area contributed by atoms with Crippen LogP contribution < -0.4 is 5.32 Å². The zero-order chi connectivity index (χ0) is 10.4. The van der Waals surface area contributed by atoms with Gasteiger partial charge in [-0.05, 0) is 44.6 Å². The molecule has 0 heterocycles. The third-order valence-electron chi connectivity index (χ3n) is 3.21. The van der Waals surface area contributed by atoms with Gasteiger partial charge in [0.15, 0.2) is 0 Å². The first kappa shape index (κ1) is 11.6. The van der Waals surface area contributed by atoms with E-state index in [1.807, 2.05) is 6.92 Å². The Morgan fingerprint density at radius 2 is 2.29 bits per heavy atom. The van der Waals surface area contributed by atoms with Crippen LogP contribution in [0.15, 0.2) is 0 Å². The van der Waals surface area contributed by atoms with Crippen LogP contribution in [0.3, 0.4) is 0 Å². The molecule has 0 spiro atoms. The van der Waals surface area contributed by atoms with Crippen molar-refractivity contribution in [3.8, 4) is 11.8 Å². The lowest BCUT2D eigenvalue weighted by atomic mass is 9.85. The summed E-state index contributed by atoms with van der Waals surface area (Å²) in [5.41, 5.74) is 0.481. The van der Waals surface area contributed by atoms with E-state index in [4.69, 9.17) is 0 Å². The van der Waals surface area contributed by atoms with Crippen LogP contribution >= 0.6 is 0 Å². The van der Waals surface area contributed by atoms with Gasteiger partial charge in [-0.3, -0.25) is 0 Å².